The van der Waals surface area contributed by atoms with Gasteiger partial charge in [-0.3, -0.25) is 0 Å². The van der Waals surface area contributed by atoms with Gasteiger partial charge in [-0.05, 0) is 172 Å². The molecule has 6 nitrogen and oxygen atoms in total. The second kappa shape index (κ2) is 13.7. The number of ether oxygens (including phenoxy) is 2. The molecule has 0 unspecified atom stereocenters. The van der Waals surface area contributed by atoms with Crippen molar-refractivity contribution in [2.75, 3.05) is 19.7 Å². The fourth-order valence-electron chi connectivity index (χ4n) is 13.7. The fraction of sp³-hybridized carbons (Fsp3) is 0.702. The molecule has 0 spiro atoms. The van der Waals surface area contributed by atoms with Gasteiger partial charge in [-0.2, -0.15) is 0 Å². The number of hydrogen-bond donors (Lipinski definition) is 1. The summed E-state index contributed by atoms with van der Waals surface area (Å²) in [4.78, 5) is 27.9. The molecule has 0 aliphatic heterocycles. The smallest absolute Gasteiger partial charge is 0.414 e. The van der Waals surface area contributed by atoms with Crippen LogP contribution in [-0.4, -0.2) is 47.4 Å². The molecule has 6 heteroatoms. The average molecular weight is 728 g/mol. The number of nitrogens with zero attached hydrogens (tertiary/aromatic N) is 1. The van der Waals surface area contributed by atoms with E-state index in [1.54, 1.807) is 11.8 Å². The highest BCUT2D eigenvalue weighted by molar-refractivity contribution is 5.90. The molecule has 9 atom stereocenters. The molecule has 292 valence electrons. The lowest BCUT2D eigenvalue weighted by molar-refractivity contribution is -0.226. The highest BCUT2D eigenvalue weighted by atomic mass is 16.6. The third kappa shape index (κ3) is 6.55. The van der Waals surface area contributed by atoms with Gasteiger partial charge in [0.25, 0.3) is 0 Å². The van der Waals surface area contributed by atoms with Gasteiger partial charge in [0.15, 0.2) is 0 Å². The number of allylic oxidation sites excluding steroid dienone is 4. The van der Waals surface area contributed by atoms with Gasteiger partial charge in [0.05, 0.1) is 17.9 Å². The maximum Gasteiger partial charge on any atom is 0.414 e. The van der Waals surface area contributed by atoms with E-state index in [1.807, 2.05) is 32.9 Å². The van der Waals surface area contributed by atoms with Crippen LogP contribution in [0.15, 0.2) is 54.8 Å². The van der Waals surface area contributed by atoms with E-state index < -0.39 is 5.60 Å². The second-order valence-corrected chi connectivity index (χ2v) is 20.4. The molecule has 0 bridgehead atoms. The number of carbonyl (C=O) groups is 2. The van der Waals surface area contributed by atoms with Gasteiger partial charge in [-0.25, -0.2) is 9.59 Å². The lowest BCUT2D eigenvalue weighted by atomic mass is 9.32. The van der Waals surface area contributed by atoms with Gasteiger partial charge in [0.1, 0.15) is 5.60 Å². The molecule has 5 aliphatic rings. The Hall–Kier alpha value is -2.86. The number of amides is 1. The summed E-state index contributed by atoms with van der Waals surface area (Å²) >= 11 is 0. The van der Waals surface area contributed by atoms with Crippen molar-refractivity contribution in [1.29, 1.82) is 0 Å². The summed E-state index contributed by atoms with van der Waals surface area (Å²) < 4.78 is 11.2. The van der Waals surface area contributed by atoms with E-state index in [9.17, 15) is 14.7 Å². The first-order valence-corrected chi connectivity index (χ1v) is 20.6. The Balaban J connectivity index is 1.30. The summed E-state index contributed by atoms with van der Waals surface area (Å²) in [5.41, 5.74) is 4.54. The second-order valence-electron chi connectivity index (χ2n) is 20.4. The summed E-state index contributed by atoms with van der Waals surface area (Å²) in [7, 11) is 0. The van der Waals surface area contributed by atoms with Crippen LogP contribution in [0.1, 0.15) is 143 Å². The molecule has 1 amide bonds. The van der Waals surface area contributed by atoms with Gasteiger partial charge in [-0.15, -0.1) is 0 Å². The van der Waals surface area contributed by atoms with Gasteiger partial charge in [0.2, 0.25) is 0 Å². The Morgan fingerprint density at radius 1 is 0.887 bits per heavy atom. The first kappa shape index (κ1) is 39.8. The largest absolute Gasteiger partial charge is 0.456 e. The van der Waals surface area contributed by atoms with Crippen molar-refractivity contribution in [3.63, 3.8) is 0 Å². The van der Waals surface area contributed by atoms with E-state index in [0.717, 1.165) is 25.7 Å². The summed E-state index contributed by atoms with van der Waals surface area (Å²) in [6.07, 6.45) is 12.6. The van der Waals surface area contributed by atoms with Crippen LogP contribution in [0.3, 0.4) is 0 Å². The molecule has 1 aromatic rings. The van der Waals surface area contributed by atoms with Crippen LogP contribution in [0.5, 0.6) is 0 Å². The predicted molar refractivity (Wildman–Crippen MR) is 214 cm³/mol. The lowest BCUT2D eigenvalue weighted by Gasteiger charge is -2.72. The van der Waals surface area contributed by atoms with Crippen molar-refractivity contribution in [1.82, 2.24) is 4.90 Å². The Labute approximate surface area is 320 Å². The van der Waals surface area contributed by atoms with Crippen LogP contribution in [0.4, 0.5) is 4.79 Å². The number of aliphatic hydroxyl groups is 1. The van der Waals surface area contributed by atoms with Crippen molar-refractivity contribution in [2.45, 2.75) is 133 Å². The van der Waals surface area contributed by atoms with Crippen LogP contribution in [0.25, 0.3) is 5.57 Å². The zero-order valence-electron chi connectivity index (χ0n) is 34.7. The van der Waals surface area contributed by atoms with Crippen molar-refractivity contribution in [2.24, 2.45) is 56.7 Å². The van der Waals surface area contributed by atoms with E-state index in [-0.39, 0.29) is 52.3 Å². The lowest BCUT2D eigenvalue weighted by Crippen LogP contribution is -2.66. The zero-order chi connectivity index (χ0) is 38.9. The number of rotatable bonds is 8. The van der Waals surface area contributed by atoms with E-state index in [2.05, 4.69) is 72.9 Å². The van der Waals surface area contributed by atoms with Gasteiger partial charge in [0, 0.05) is 13.1 Å². The number of aliphatic hydroxyl groups excluding tert-OH is 1. The highest BCUT2D eigenvalue weighted by Crippen LogP contribution is 2.77. The van der Waals surface area contributed by atoms with Crippen LogP contribution >= 0.6 is 0 Å². The van der Waals surface area contributed by atoms with Crippen molar-refractivity contribution < 1.29 is 24.2 Å². The van der Waals surface area contributed by atoms with Crippen molar-refractivity contribution in [3.8, 4) is 0 Å². The van der Waals surface area contributed by atoms with E-state index in [0.29, 0.717) is 47.5 Å². The zero-order valence-corrected chi connectivity index (χ0v) is 34.7. The summed E-state index contributed by atoms with van der Waals surface area (Å²) in [5, 5.41) is 10.0. The molecular weight excluding hydrogens is 659 g/mol. The number of benzene rings is 1. The quantitative estimate of drug-likeness (QED) is 0.164. The summed E-state index contributed by atoms with van der Waals surface area (Å²) in [6, 6.07) is 8.13. The molecule has 4 fully saturated rings. The predicted octanol–water partition coefficient (Wildman–Crippen LogP) is 11.3. The number of carbonyl (C=O) groups excluding carboxylic acids is 2. The number of esters is 1. The van der Waals surface area contributed by atoms with Crippen LogP contribution in [0, 0.1) is 56.7 Å². The average Bonchev–Trinajstić information content (AvgIpc) is 3.43. The SMILES string of the molecule is C=C(C)OC(=O)N(CCO)C[C@]12CC[C@@H](C(=C)C)[C@@H]1[C@H]1CC[C@@H]3[C@@]4(C)CC=C(c5ccc(C(=O)OC(C)(C)C)cc5)C(C)(C)[C@@H]4CC[C@@]3(C)[C@]1(C)CC2. The minimum atomic E-state index is -0.522. The molecule has 0 heterocycles. The maximum atomic E-state index is 13.3. The van der Waals surface area contributed by atoms with Gasteiger partial charge < -0.3 is 19.5 Å². The Morgan fingerprint density at radius 3 is 2.17 bits per heavy atom. The minimum absolute atomic E-state index is 0.00764. The summed E-state index contributed by atoms with van der Waals surface area (Å²) in [5.74, 6) is 2.75. The van der Waals surface area contributed by atoms with Crippen molar-refractivity contribution in [3.05, 3.63) is 66.0 Å². The standard InChI is InChI=1S/C47H69NO5/c1-30(2)34-19-24-47(29-48(27-28-49)41(51)52-31(3)4)26-25-45(11)36(39(34)47)17-18-38-44(10)22-20-35(43(8,9)37(44)21-23-46(38,45)12)32-13-15-33(16-14-32)40(50)53-42(5,6)7/h13-16,20,34,36-39,49H,1,3,17-19,21-29H2,2,4-12H3/t34-,36+,37-,38+,39+,44-,45+,46+,47+/m0/s1. The Morgan fingerprint density at radius 2 is 1.57 bits per heavy atom. The topological polar surface area (TPSA) is 76.1 Å². The molecule has 1 N–H and O–H groups in total. The first-order chi connectivity index (χ1) is 24.6. The third-order valence-corrected chi connectivity index (χ3v) is 16.0. The molecule has 0 aromatic heterocycles. The van der Waals surface area contributed by atoms with E-state index in [4.69, 9.17) is 9.47 Å². The Bertz CT molecular complexity index is 1650. The van der Waals surface area contributed by atoms with E-state index >= 15 is 0 Å². The molecule has 1 aromatic carbocycles. The maximum absolute atomic E-state index is 13.3. The van der Waals surface area contributed by atoms with Crippen LogP contribution in [0.2, 0.25) is 0 Å². The van der Waals surface area contributed by atoms with Gasteiger partial charge in [-0.1, -0.05) is 71.6 Å². The summed E-state index contributed by atoms with van der Waals surface area (Å²) in [6.45, 7) is 31.8. The number of fused-ring (bicyclic) bond motifs is 7. The molecular formula is C47H69NO5. The molecule has 53 heavy (non-hydrogen) atoms. The normalized spacial score (nSPS) is 37.2. The van der Waals surface area contributed by atoms with Crippen LogP contribution < -0.4 is 0 Å². The Kier molecular flexibility index (Phi) is 10.3. The van der Waals surface area contributed by atoms with Crippen LogP contribution in [-0.2, 0) is 9.47 Å². The third-order valence-electron chi connectivity index (χ3n) is 16.0. The molecule has 6 rings (SSSR count). The molecule has 0 saturated heterocycles. The fourth-order valence-corrected chi connectivity index (χ4v) is 13.7. The van der Waals surface area contributed by atoms with Gasteiger partial charge >= 0.3 is 12.1 Å². The monoisotopic (exact) mass is 728 g/mol. The first-order valence-electron chi connectivity index (χ1n) is 20.6. The highest BCUT2D eigenvalue weighted by Gasteiger charge is 2.70. The minimum Gasteiger partial charge on any atom is -0.456 e. The molecule has 0 radical (unpaired) electrons. The van der Waals surface area contributed by atoms with Crippen molar-refractivity contribution >= 4 is 17.6 Å². The molecule has 5 aliphatic carbocycles. The molecule has 4 saturated carbocycles. The number of hydrogen-bond acceptors (Lipinski definition) is 5. The van der Waals surface area contributed by atoms with E-state index in [1.165, 1.54) is 48.8 Å².